The number of aliphatic imine (C=N–C) groups is 3. The standard InChI is InChI=1S/C11H7N3O3/c15-6-12-4-9-2-1-3-11(14-8-17)10(9)5-13-7-16/h1-3H,4-5H2. The first-order chi connectivity index (χ1) is 8.33. The van der Waals surface area contributed by atoms with Crippen LogP contribution < -0.4 is 0 Å². The largest absolute Gasteiger partial charge is 0.240 e. The van der Waals surface area contributed by atoms with Gasteiger partial charge in [0.15, 0.2) is 0 Å². The molecule has 84 valence electrons. The summed E-state index contributed by atoms with van der Waals surface area (Å²) in [5.74, 6) is 0. The summed E-state index contributed by atoms with van der Waals surface area (Å²) in [6.07, 6.45) is 4.22. The Hall–Kier alpha value is -2.64. The Morgan fingerprint density at radius 2 is 1.65 bits per heavy atom. The van der Waals surface area contributed by atoms with E-state index < -0.39 is 0 Å². The molecule has 1 rings (SSSR count). The molecule has 0 N–H and O–H groups in total. The van der Waals surface area contributed by atoms with E-state index in [1.807, 2.05) is 0 Å². The van der Waals surface area contributed by atoms with Crippen LogP contribution in [0.4, 0.5) is 5.69 Å². The minimum absolute atomic E-state index is 0.0224. The Kier molecular flexibility index (Phi) is 4.95. The average molecular weight is 229 g/mol. The summed E-state index contributed by atoms with van der Waals surface area (Å²) in [5, 5.41) is 0. The van der Waals surface area contributed by atoms with E-state index in [1.165, 1.54) is 18.2 Å². The zero-order valence-electron chi connectivity index (χ0n) is 8.71. The summed E-state index contributed by atoms with van der Waals surface area (Å²) in [6, 6.07) is 4.93. The molecule has 0 saturated heterocycles. The van der Waals surface area contributed by atoms with Crippen molar-refractivity contribution in [2.75, 3.05) is 0 Å². The van der Waals surface area contributed by atoms with Gasteiger partial charge in [0.2, 0.25) is 18.2 Å². The van der Waals surface area contributed by atoms with Crippen molar-refractivity contribution in [3.8, 4) is 0 Å². The highest BCUT2D eigenvalue weighted by Crippen LogP contribution is 2.24. The van der Waals surface area contributed by atoms with Crippen LogP contribution in [-0.4, -0.2) is 18.2 Å². The van der Waals surface area contributed by atoms with Gasteiger partial charge >= 0.3 is 0 Å². The second kappa shape index (κ2) is 6.77. The van der Waals surface area contributed by atoms with Crippen molar-refractivity contribution >= 4 is 23.9 Å². The van der Waals surface area contributed by atoms with E-state index in [2.05, 4.69) is 15.0 Å². The third kappa shape index (κ3) is 3.45. The zero-order chi connectivity index (χ0) is 12.5. The van der Waals surface area contributed by atoms with Gasteiger partial charge in [-0.3, -0.25) is 0 Å². The number of hydrogen-bond acceptors (Lipinski definition) is 6. The van der Waals surface area contributed by atoms with Crippen molar-refractivity contribution in [3.05, 3.63) is 29.3 Å². The summed E-state index contributed by atoms with van der Waals surface area (Å²) < 4.78 is 0. The fraction of sp³-hybridized carbons (Fsp3) is 0.182. The Morgan fingerprint density at radius 1 is 0.941 bits per heavy atom. The number of hydrogen-bond donors (Lipinski definition) is 0. The molecule has 0 aromatic heterocycles. The fourth-order valence-electron chi connectivity index (χ4n) is 1.33. The van der Waals surface area contributed by atoms with Crippen LogP contribution in [0, 0.1) is 0 Å². The molecule has 17 heavy (non-hydrogen) atoms. The molecule has 1 aromatic rings. The van der Waals surface area contributed by atoms with E-state index in [0.717, 1.165) is 0 Å². The lowest BCUT2D eigenvalue weighted by Gasteiger charge is -2.06. The quantitative estimate of drug-likeness (QED) is 0.563. The monoisotopic (exact) mass is 229 g/mol. The van der Waals surface area contributed by atoms with E-state index in [9.17, 15) is 14.4 Å². The summed E-state index contributed by atoms with van der Waals surface area (Å²) in [5.41, 5.74) is 1.53. The van der Waals surface area contributed by atoms with Gasteiger partial charge in [-0.1, -0.05) is 12.1 Å². The van der Waals surface area contributed by atoms with Gasteiger partial charge in [-0.05, 0) is 11.6 Å². The van der Waals surface area contributed by atoms with E-state index in [1.54, 1.807) is 18.2 Å². The molecule has 0 aliphatic carbocycles. The maximum absolute atomic E-state index is 10.2. The van der Waals surface area contributed by atoms with E-state index in [4.69, 9.17) is 0 Å². The Labute approximate surface area is 96.4 Å². The highest BCUT2D eigenvalue weighted by atomic mass is 16.1. The minimum atomic E-state index is 0.0224. The van der Waals surface area contributed by atoms with E-state index in [0.29, 0.717) is 16.8 Å². The molecule has 6 heteroatoms. The molecule has 0 aliphatic heterocycles. The second-order valence-corrected chi connectivity index (χ2v) is 2.93. The molecule has 0 radical (unpaired) electrons. The van der Waals surface area contributed by atoms with Crippen molar-refractivity contribution in [2.45, 2.75) is 13.1 Å². The first-order valence-corrected chi connectivity index (χ1v) is 4.59. The summed E-state index contributed by atoms with van der Waals surface area (Å²) in [7, 11) is 0. The molecule has 0 heterocycles. The average Bonchev–Trinajstić information content (AvgIpc) is 2.35. The topological polar surface area (TPSA) is 88.3 Å². The number of benzene rings is 1. The molecular weight excluding hydrogens is 222 g/mol. The summed E-state index contributed by atoms with van der Waals surface area (Å²) in [6.45, 7) is 0.115. The minimum Gasteiger partial charge on any atom is -0.211 e. The predicted octanol–water partition coefficient (Wildman–Crippen LogP) is 1.33. The van der Waals surface area contributed by atoms with Crippen LogP contribution in [0.5, 0.6) is 0 Å². The van der Waals surface area contributed by atoms with Crippen LogP contribution >= 0.6 is 0 Å². The Balaban J connectivity index is 3.26. The summed E-state index contributed by atoms with van der Waals surface area (Å²) >= 11 is 0. The van der Waals surface area contributed by atoms with Crippen LogP contribution in [0.15, 0.2) is 33.2 Å². The molecule has 0 aliphatic rings. The maximum Gasteiger partial charge on any atom is 0.240 e. The lowest BCUT2D eigenvalue weighted by molar-refractivity contribution is 0.561. The van der Waals surface area contributed by atoms with Gasteiger partial charge < -0.3 is 0 Å². The molecule has 0 fully saturated rings. The predicted molar refractivity (Wildman–Crippen MR) is 57.9 cm³/mol. The first-order valence-electron chi connectivity index (χ1n) is 4.59. The highest BCUT2D eigenvalue weighted by Gasteiger charge is 2.07. The van der Waals surface area contributed by atoms with Gasteiger partial charge in [0.25, 0.3) is 0 Å². The molecule has 6 nitrogen and oxygen atoms in total. The molecule has 1 aromatic carbocycles. The maximum atomic E-state index is 10.2. The molecular formula is C11H7N3O3. The molecule has 0 atom stereocenters. The molecule has 0 bridgehead atoms. The van der Waals surface area contributed by atoms with Gasteiger partial charge in [-0.25, -0.2) is 24.4 Å². The number of nitrogens with zero attached hydrogens (tertiary/aromatic N) is 3. The van der Waals surface area contributed by atoms with Crippen LogP contribution in [0.1, 0.15) is 11.1 Å². The van der Waals surface area contributed by atoms with Gasteiger partial charge in [-0.15, -0.1) is 0 Å². The number of rotatable bonds is 5. The van der Waals surface area contributed by atoms with Crippen LogP contribution in [0.2, 0.25) is 0 Å². The molecule has 0 spiro atoms. The van der Waals surface area contributed by atoms with Crippen LogP contribution in [0.3, 0.4) is 0 Å². The lowest BCUT2D eigenvalue weighted by atomic mass is 10.1. The molecule has 0 unspecified atom stereocenters. The smallest absolute Gasteiger partial charge is 0.211 e. The number of carbonyl (C=O) groups excluding carboxylic acids is 3. The third-order valence-corrected chi connectivity index (χ3v) is 2.03. The number of isocyanates is 3. The Bertz CT molecular complexity index is 549. The van der Waals surface area contributed by atoms with Crippen LogP contribution in [-0.2, 0) is 27.5 Å². The van der Waals surface area contributed by atoms with Gasteiger partial charge in [0.05, 0.1) is 18.8 Å². The Morgan fingerprint density at radius 3 is 2.29 bits per heavy atom. The van der Waals surface area contributed by atoms with Crippen molar-refractivity contribution < 1.29 is 14.4 Å². The van der Waals surface area contributed by atoms with E-state index >= 15 is 0 Å². The SMILES string of the molecule is O=C=NCc1cccc(N=C=O)c1CN=C=O. The zero-order valence-corrected chi connectivity index (χ0v) is 8.71. The third-order valence-electron chi connectivity index (χ3n) is 2.03. The van der Waals surface area contributed by atoms with Gasteiger partial charge in [0, 0.05) is 5.56 Å². The van der Waals surface area contributed by atoms with Crippen molar-refractivity contribution in [3.63, 3.8) is 0 Å². The second-order valence-electron chi connectivity index (χ2n) is 2.93. The summed E-state index contributed by atoms with van der Waals surface area (Å²) in [4.78, 5) is 40.7. The highest BCUT2D eigenvalue weighted by molar-refractivity contribution is 5.57. The lowest BCUT2D eigenvalue weighted by Crippen LogP contribution is -1.92. The molecule has 0 saturated carbocycles. The fourth-order valence-corrected chi connectivity index (χ4v) is 1.33. The van der Waals surface area contributed by atoms with Gasteiger partial charge in [-0.2, -0.15) is 4.99 Å². The van der Waals surface area contributed by atoms with Crippen molar-refractivity contribution in [1.29, 1.82) is 0 Å². The van der Waals surface area contributed by atoms with Crippen molar-refractivity contribution in [1.82, 2.24) is 0 Å². The van der Waals surface area contributed by atoms with Crippen LogP contribution in [0.25, 0.3) is 0 Å². The van der Waals surface area contributed by atoms with Gasteiger partial charge in [0.1, 0.15) is 0 Å². The van der Waals surface area contributed by atoms with E-state index in [-0.39, 0.29) is 13.1 Å². The molecule has 0 amide bonds. The van der Waals surface area contributed by atoms with Crippen molar-refractivity contribution in [2.24, 2.45) is 15.0 Å². The first kappa shape index (κ1) is 12.4. The normalized spacial score (nSPS) is 8.47.